The Morgan fingerprint density at radius 2 is 1.30 bits per heavy atom. The number of allylic oxidation sites excluding steroid dienone is 2. The van der Waals surface area contributed by atoms with E-state index in [9.17, 15) is 5.11 Å². The Bertz CT molecular complexity index is 202. The molecule has 2 N–H and O–H groups in total. The summed E-state index contributed by atoms with van der Waals surface area (Å²) in [7, 11) is 0. The third-order valence-electron chi connectivity index (χ3n) is 3.76. The molecule has 0 aromatic rings. The second-order valence-corrected chi connectivity index (χ2v) is 5.83. The first-order chi connectivity index (χ1) is 9.81. The smallest absolute Gasteiger partial charge is 0.0562 e. The van der Waals surface area contributed by atoms with Gasteiger partial charge in [0, 0.05) is 6.61 Å². The molecule has 0 aliphatic carbocycles. The van der Waals surface area contributed by atoms with Gasteiger partial charge in [-0.05, 0) is 38.5 Å². The zero-order valence-corrected chi connectivity index (χ0v) is 13.5. The monoisotopic (exact) mass is 284 g/mol. The van der Waals surface area contributed by atoms with Crippen LogP contribution in [0.5, 0.6) is 0 Å². The molecule has 0 amide bonds. The van der Waals surface area contributed by atoms with Crippen LogP contribution in [0.1, 0.15) is 90.4 Å². The van der Waals surface area contributed by atoms with E-state index in [0.29, 0.717) is 6.42 Å². The van der Waals surface area contributed by atoms with Crippen molar-refractivity contribution in [3.63, 3.8) is 0 Å². The van der Waals surface area contributed by atoms with Crippen molar-refractivity contribution >= 4 is 0 Å². The molecule has 0 aromatic heterocycles. The maximum atomic E-state index is 9.45. The maximum Gasteiger partial charge on any atom is 0.0562 e. The van der Waals surface area contributed by atoms with Crippen LogP contribution < -0.4 is 0 Å². The molecule has 0 saturated carbocycles. The summed E-state index contributed by atoms with van der Waals surface area (Å²) in [5, 5.41) is 18.1. The van der Waals surface area contributed by atoms with Gasteiger partial charge in [-0.2, -0.15) is 0 Å². The largest absolute Gasteiger partial charge is 0.396 e. The fourth-order valence-corrected chi connectivity index (χ4v) is 2.39. The van der Waals surface area contributed by atoms with Gasteiger partial charge in [-0.1, -0.05) is 64.0 Å². The van der Waals surface area contributed by atoms with E-state index in [1.807, 2.05) is 0 Å². The molecule has 2 heteroatoms. The van der Waals surface area contributed by atoms with Crippen LogP contribution in [0.15, 0.2) is 12.2 Å². The molecule has 0 aliphatic rings. The van der Waals surface area contributed by atoms with E-state index in [1.54, 1.807) is 0 Å². The van der Waals surface area contributed by atoms with Crippen molar-refractivity contribution in [1.82, 2.24) is 0 Å². The summed E-state index contributed by atoms with van der Waals surface area (Å²) in [5.41, 5.74) is 0. The van der Waals surface area contributed by atoms with Crippen LogP contribution in [0.4, 0.5) is 0 Å². The molecule has 2 nitrogen and oxygen atoms in total. The lowest BCUT2D eigenvalue weighted by atomic mass is 10.1. The van der Waals surface area contributed by atoms with Gasteiger partial charge in [-0.25, -0.2) is 0 Å². The SMILES string of the molecule is CCCCCCCCC=CCCCCCC(O)CCO. The van der Waals surface area contributed by atoms with Crippen molar-refractivity contribution in [1.29, 1.82) is 0 Å². The average Bonchev–Trinajstić information content (AvgIpc) is 2.44. The van der Waals surface area contributed by atoms with Gasteiger partial charge in [0.15, 0.2) is 0 Å². The Morgan fingerprint density at radius 3 is 1.90 bits per heavy atom. The standard InChI is InChI=1S/C18H36O2/c1-2-3-4-5-6-7-8-9-10-11-12-13-14-15-18(20)16-17-19/h9-10,18-20H,2-8,11-17H2,1H3. The van der Waals surface area contributed by atoms with Crippen molar-refractivity contribution in [2.75, 3.05) is 6.61 Å². The summed E-state index contributed by atoms with van der Waals surface area (Å²) in [6.45, 7) is 2.36. The lowest BCUT2D eigenvalue weighted by Crippen LogP contribution is -2.08. The van der Waals surface area contributed by atoms with Gasteiger partial charge in [-0.15, -0.1) is 0 Å². The Kier molecular flexibility index (Phi) is 16.4. The molecule has 0 aromatic carbocycles. The van der Waals surface area contributed by atoms with Gasteiger partial charge in [0.1, 0.15) is 0 Å². The van der Waals surface area contributed by atoms with Gasteiger partial charge in [0.2, 0.25) is 0 Å². The highest BCUT2D eigenvalue weighted by molar-refractivity contribution is 4.81. The van der Waals surface area contributed by atoms with Gasteiger partial charge in [0.25, 0.3) is 0 Å². The lowest BCUT2D eigenvalue weighted by molar-refractivity contribution is 0.122. The molecule has 0 saturated heterocycles. The van der Waals surface area contributed by atoms with E-state index in [2.05, 4.69) is 19.1 Å². The number of aliphatic hydroxyl groups excluding tert-OH is 2. The Hall–Kier alpha value is -0.340. The van der Waals surface area contributed by atoms with E-state index < -0.39 is 0 Å². The number of unbranched alkanes of at least 4 members (excludes halogenated alkanes) is 9. The highest BCUT2D eigenvalue weighted by Crippen LogP contribution is 2.10. The van der Waals surface area contributed by atoms with E-state index >= 15 is 0 Å². The minimum atomic E-state index is -0.303. The van der Waals surface area contributed by atoms with Crippen molar-refractivity contribution in [2.24, 2.45) is 0 Å². The van der Waals surface area contributed by atoms with Gasteiger partial charge in [-0.3, -0.25) is 0 Å². The molecule has 0 bridgehead atoms. The summed E-state index contributed by atoms with van der Waals surface area (Å²) < 4.78 is 0. The minimum Gasteiger partial charge on any atom is -0.396 e. The molecule has 0 heterocycles. The predicted octanol–water partition coefficient (Wildman–Crippen LogP) is 4.99. The third-order valence-corrected chi connectivity index (χ3v) is 3.76. The highest BCUT2D eigenvalue weighted by atomic mass is 16.3. The van der Waals surface area contributed by atoms with Crippen molar-refractivity contribution < 1.29 is 10.2 Å². The number of hydrogen-bond acceptors (Lipinski definition) is 2. The second kappa shape index (κ2) is 16.7. The second-order valence-electron chi connectivity index (χ2n) is 5.83. The first kappa shape index (κ1) is 19.7. The molecule has 0 rings (SSSR count). The molecular formula is C18H36O2. The summed E-state index contributed by atoms with van der Waals surface area (Å²) in [5.74, 6) is 0. The zero-order valence-electron chi connectivity index (χ0n) is 13.5. The van der Waals surface area contributed by atoms with Crippen LogP contribution in [0.25, 0.3) is 0 Å². The topological polar surface area (TPSA) is 40.5 Å². The van der Waals surface area contributed by atoms with Crippen LogP contribution in [-0.4, -0.2) is 22.9 Å². The summed E-state index contributed by atoms with van der Waals surface area (Å²) >= 11 is 0. The number of hydrogen-bond donors (Lipinski definition) is 2. The number of rotatable bonds is 15. The maximum absolute atomic E-state index is 9.45. The van der Waals surface area contributed by atoms with E-state index in [1.165, 1.54) is 64.2 Å². The summed E-state index contributed by atoms with van der Waals surface area (Å²) in [6, 6.07) is 0. The minimum absolute atomic E-state index is 0.0996. The van der Waals surface area contributed by atoms with Crippen molar-refractivity contribution in [3.8, 4) is 0 Å². The molecule has 0 aliphatic heterocycles. The highest BCUT2D eigenvalue weighted by Gasteiger charge is 2.01. The summed E-state index contributed by atoms with van der Waals surface area (Å²) in [6.07, 6.45) is 19.9. The molecule has 20 heavy (non-hydrogen) atoms. The predicted molar refractivity (Wildman–Crippen MR) is 87.9 cm³/mol. The average molecular weight is 284 g/mol. The first-order valence-electron chi connectivity index (χ1n) is 8.75. The van der Waals surface area contributed by atoms with Gasteiger partial charge >= 0.3 is 0 Å². The molecule has 120 valence electrons. The lowest BCUT2D eigenvalue weighted by Gasteiger charge is -2.07. The van der Waals surface area contributed by atoms with Crippen LogP contribution >= 0.6 is 0 Å². The van der Waals surface area contributed by atoms with E-state index in [4.69, 9.17) is 5.11 Å². The van der Waals surface area contributed by atoms with Gasteiger partial charge < -0.3 is 10.2 Å². The molecule has 0 radical (unpaired) electrons. The van der Waals surface area contributed by atoms with Crippen LogP contribution in [0.3, 0.4) is 0 Å². The normalized spacial score (nSPS) is 13.2. The summed E-state index contributed by atoms with van der Waals surface area (Å²) in [4.78, 5) is 0. The Morgan fingerprint density at radius 1 is 0.750 bits per heavy atom. The van der Waals surface area contributed by atoms with Crippen molar-refractivity contribution in [3.05, 3.63) is 12.2 Å². The fraction of sp³-hybridized carbons (Fsp3) is 0.889. The Labute approximate surface area is 126 Å². The molecule has 1 atom stereocenters. The van der Waals surface area contributed by atoms with Crippen LogP contribution in [0, 0.1) is 0 Å². The van der Waals surface area contributed by atoms with E-state index in [-0.39, 0.29) is 12.7 Å². The molecule has 1 unspecified atom stereocenters. The van der Waals surface area contributed by atoms with Gasteiger partial charge in [0.05, 0.1) is 6.10 Å². The quantitative estimate of drug-likeness (QED) is 0.328. The molecule has 0 fully saturated rings. The van der Waals surface area contributed by atoms with Crippen molar-refractivity contribution in [2.45, 2.75) is 96.5 Å². The third kappa shape index (κ3) is 15.7. The van der Waals surface area contributed by atoms with Crippen LogP contribution in [-0.2, 0) is 0 Å². The molecule has 0 spiro atoms. The fourth-order valence-electron chi connectivity index (χ4n) is 2.39. The first-order valence-corrected chi connectivity index (χ1v) is 8.75. The van der Waals surface area contributed by atoms with E-state index in [0.717, 1.165) is 12.8 Å². The van der Waals surface area contributed by atoms with Crippen LogP contribution in [0.2, 0.25) is 0 Å². The zero-order chi connectivity index (χ0) is 14.9. The molecular weight excluding hydrogens is 248 g/mol. The number of aliphatic hydroxyl groups is 2. The Balaban J connectivity index is 3.12.